The van der Waals surface area contributed by atoms with Crippen molar-refractivity contribution < 1.29 is 0 Å². The molecule has 1 fully saturated rings. The molecule has 0 bridgehead atoms. The molecule has 1 heterocycles. The zero-order valence-corrected chi connectivity index (χ0v) is 13.6. The first kappa shape index (κ1) is 15.0. The van der Waals surface area contributed by atoms with Crippen molar-refractivity contribution in [2.45, 2.75) is 71.3 Å². The van der Waals surface area contributed by atoms with E-state index in [2.05, 4.69) is 38.4 Å². The Morgan fingerprint density at radius 3 is 2.79 bits per heavy atom. The van der Waals surface area contributed by atoms with Gasteiger partial charge in [0.05, 0.1) is 11.2 Å². The molecular formula is C16H28N2S. The van der Waals surface area contributed by atoms with Crippen LogP contribution < -0.4 is 5.32 Å². The fraction of sp³-hybridized carbons (Fsp3) is 0.812. The molecule has 3 heteroatoms. The lowest BCUT2D eigenvalue weighted by molar-refractivity contribution is 0.137. The lowest BCUT2D eigenvalue weighted by atomic mass is 9.71. The first-order valence-corrected chi connectivity index (χ1v) is 8.73. The number of aromatic nitrogens is 1. The predicted molar refractivity (Wildman–Crippen MR) is 83.8 cm³/mol. The van der Waals surface area contributed by atoms with E-state index in [0.717, 1.165) is 12.5 Å². The van der Waals surface area contributed by atoms with Crippen molar-refractivity contribution in [3.63, 3.8) is 0 Å². The van der Waals surface area contributed by atoms with Gasteiger partial charge in [-0.25, -0.2) is 4.98 Å². The van der Waals surface area contributed by atoms with Crippen LogP contribution in [0.2, 0.25) is 0 Å². The van der Waals surface area contributed by atoms with E-state index in [-0.39, 0.29) is 5.54 Å². The molecule has 0 spiro atoms. The second-order valence-corrected chi connectivity index (χ2v) is 6.94. The molecule has 0 radical (unpaired) electrons. The molecule has 0 saturated heterocycles. The van der Waals surface area contributed by atoms with Gasteiger partial charge in [-0.2, -0.15) is 0 Å². The molecule has 1 aromatic heterocycles. The van der Waals surface area contributed by atoms with Gasteiger partial charge in [0.2, 0.25) is 0 Å². The molecule has 1 aromatic rings. The average molecular weight is 280 g/mol. The van der Waals surface area contributed by atoms with Gasteiger partial charge in [-0.1, -0.05) is 47.0 Å². The van der Waals surface area contributed by atoms with Crippen LogP contribution in [0.25, 0.3) is 0 Å². The summed E-state index contributed by atoms with van der Waals surface area (Å²) >= 11 is 1.87. The van der Waals surface area contributed by atoms with Crippen LogP contribution in [0.1, 0.15) is 76.4 Å². The van der Waals surface area contributed by atoms with E-state index in [9.17, 15) is 0 Å². The highest BCUT2D eigenvalue weighted by Crippen LogP contribution is 2.44. The maximum absolute atomic E-state index is 4.98. The van der Waals surface area contributed by atoms with E-state index in [1.54, 1.807) is 0 Å². The van der Waals surface area contributed by atoms with Crippen molar-refractivity contribution >= 4 is 11.3 Å². The van der Waals surface area contributed by atoms with E-state index in [1.165, 1.54) is 42.8 Å². The molecule has 2 unspecified atom stereocenters. The number of hydrogen-bond donors (Lipinski definition) is 1. The van der Waals surface area contributed by atoms with Gasteiger partial charge in [-0.15, -0.1) is 11.3 Å². The first-order chi connectivity index (χ1) is 9.14. The van der Waals surface area contributed by atoms with E-state index < -0.39 is 0 Å². The van der Waals surface area contributed by atoms with Crippen molar-refractivity contribution in [2.75, 3.05) is 6.54 Å². The Kier molecular flexibility index (Phi) is 5.02. The number of rotatable bonds is 5. The monoisotopic (exact) mass is 280 g/mol. The summed E-state index contributed by atoms with van der Waals surface area (Å²) in [6.45, 7) is 10.1. The van der Waals surface area contributed by atoms with Gasteiger partial charge < -0.3 is 5.32 Å². The summed E-state index contributed by atoms with van der Waals surface area (Å²) in [5, 5.41) is 7.42. The molecule has 19 heavy (non-hydrogen) atoms. The third-order valence-corrected chi connectivity index (χ3v) is 5.59. The van der Waals surface area contributed by atoms with Crippen molar-refractivity contribution in [1.29, 1.82) is 0 Å². The fourth-order valence-corrected chi connectivity index (χ4v) is 4.73. The summed E-state index contributed by atoms with van der Waals surface area (Å²) in [7, 11) is 0. The van der Waals surface area contributed by atoms with E-state index >= 15 is 0 Å². The maximum Gasteiger partial charge on any atom is 0.113 e. The van der Waals surface area contributed by atoms with Gasteiger partial charge in [0.1, 0.15) is 5.01 Å². The zero-order valence-electron chi connectivity index (χ0n) is 12.8. The molecule has 1 saturated carbocycles. The highest BCUT2D eigenvalue weighted by atomic mass is 32.1. The van der Waals surface area contributed by atoms with Gasteiger partial charge >= 0.3 is 0 Å². The van der Waals surface area contributed by atoms with Crippen LogP contribution in [-0.2, 0) is 5.54 Å². The Morgan fingerprint density at radius 2 is 2.21 bits per heavy atom. The average Bonchev–Trinajstić information content (AvgIpc) is 2.89. The molecule has 1 aliphatic rings. The van der Waals surface area contributed by atoms with Crippen LogP contribution >= 0.6 is 11.3 Å². The SMILES string of the molecule is CCNC1(c2nc(C(C)C)cs2)CCCCC1CC. The molecule has 0 aromatic carbocycles. The van der Waals surface area contributed by atoms with Crippen LogP contribution in [-0.4, -0.2) is 11.5 Å². The zero-order chi connectivity index (χ0) is 13.9. The van der Waals surface area contributed by atoms with Crippen molar-refractivity contribution in [1.82, 2.24) is 10.3 Å². The Hall–Kier alpha value is -0.410. The third-order valence-electron chi connectivity index (χ3n) is 4.55. The Labute approximate surface area is 122 Å². The van der Waals surface area contributed by atoms with Crippen molar-refractivity contribution in [3.8, 4) is 0 Å². The summed E-state index contributed by atoms with van der Waals surface area (Å²) in [6, 6.07) is 0. The van der Waals surface area contributed by atoms with Crippen molar-refractivity contribution in [2.24, 2.45) is 5.92 Å². The van der Waals surface area contributed by atoms with Gasteiger partial charge in [-0.3, -0.25) is 0 Å². The van der Waals surface area contributed by atoms with Gasteiger partial charge in [-0.05, 0) is 31.2 Å². The van der Waals surface area contributed by atoms with E-state index in [0.29, 0.717) is 5.92 Å². The summed E-state index contributed by atoms with van der Waals surface area (Å²) in [4.78, 5) is 4.98. The van der Waals surface area contributed by atoms with Gasteiger partial charge in [0.25, 0.3) is 0 Å². The molecule has 2 atom stereocenters. The topological polar surface area (TPSA) is 24.9 Å². The maximum atomic E-state index is 4.98. The second-order valence-electron chi connectivity index (χ2n) is 6.08. The summed E-state index contributed by atoms with van der Waals surface area (Å²) < 4.78 is 0. The second kappa shape index (κ2) is 6.36. The van der Waals surface area contributed by atoms with Gasteiger partial charge in [0.15, 0.2) is 0 Å². The standard InChI is InChI=1S/C16H28N2S/c1-5-13-9-7-8-10-16(13,17-6-2)15-18-14(11-19-15)12(3)4/h11-13,17H,5-10H2,1-4H3. The minimum absolute atomic E-state index is 0.152. The van der Waals surface area contributed by atoms with Crippen LogP contribution in [0.5, 0.6) is 0 Å². The molecule has 2 rings (SSSR count). The van der Waals surface area contributed by atoms with E-state index in [4.69, 9.17) is 4.98 Å². The molecule has 1 aliphatic carbocycles. The highest BCUT2D eigenvalue weighted by molar-refractivity contribution is 7.09. The summed E-state index contributed by atoms with van der Waals surface area (Å²) in [6.07, 6.45) is 6.57. The van der Waals surface area contributed by atoms with Crippen LogP contribution in [0.15, 0.2) is 5.38 Å². The Bertz CT molecular complexity index is 395. The van der Waals surface area contributed by atoms with Crippen LogP contribution in [0, 0.1) is 5.92 Å². The molecular weight excluding hydrogens is 252 g/mol. The van der Waals surface area contributed by atoms with Crippen LogP contribution in [0.3, 0.4) is 0 Å². The first-order valence-electron chi connectivity index (χ1n) is 7.85. The molecule has 2 nitrogen and oxygen atoms in total. The highest BCUT2D eigenvalue weighted by Gasteiger charge is 2.42. The fourth-order valence-electron chi connectivity index (χ4n) is 3.46. The van der Waals surface area contributed by atoms with Crippen LogP contribution in [0.4, 0.5) is 0 Å². The number of hydrogen-bond acceptors (Lipinski definition) is 3. The third kappa shape index (κ3) is 2.87. The lowest BCUT2D eigenvalue weighted by Crippen LogP contribution is -2.50. The number of nitrogens with one attached hydrogen (secondary N) is 1. The Morgan fingerprint density at radius 1 is 1.42 bits per heavy atom. The smallest absolute Gasteiger partial charge is 0.113 e. The normalized spacial score (nSPS) is 27.9. The lowest BCUT2D eigenvalue weighted by Gasteiger charge is -2.43. The quantitative estimate of drug-likeness (QED) is 0.847. The molecule has 108 valence electrons. The summed E-state index contributed by atoms with van der Waals surface area (Å²) in [5.41, 5.74) is 1.41. The minimum atomic E-state index is 0.152. The largest absolute Gasteiger partial charge is 0.305 e. The predicted octanol–water partition coefficient (Wildman–Crippen LogP) is 4.67. The number of thiazole rings is 1. The van der Waals surface area contributed by atoms with Crippen molar-refractivity contribution in [3.05, 3.63) is 16.1 Å². The summed E-state index contributed by atoms with van der Waals surface area (Å²) in [5.74, 6) is 1.28. The van der Waals surface area contributed by atoms with E-state index in [1.807, 2.05) is 11.3 Å². The Balaban J connectivity index is 2.35. The molecule has 0 aliphatic heterocycles. The number of nitrogens with zero attached hydrogens (tertiary/aromatic N) is 1. The molecule has 1 N–H and O–H groups in total. The van der Waals surface area contributed by atoms with Gasteiger partial charge in [0, 0.05) is 5.38 Å². The molecule has 0 amide bonds. The minimum Gasteiger partial charge on any atom is -0.305 e.